The van der Waals surface area contributed by atoms with E-state index in [1.54, 1.807) is 0 Å². The van der Waals surface area contributed by atoms with Gasteiger partial charge in [-0.25, -0.2) is 4.79 Å². The van der Waals surface area contributed by atoms with Crippen molar-refractivity contribution in [2.75, 3.05) is 6.54 Å². The Morgan fingerprint density at radius 2 is 1.90 bits per heavy atom. The first kappa shape index (κ1) is 16.5. The summed E-state index contributed by atoms with van der Waals surface area (Å²) in [5.41, 5.74) is 0.960. The summed E-state index contributed by atoms with van der Waals surface area (Å²) in [5.74, 6) is -1.51. The van der Waals surface area contributed by atoms with Gasteiger partial charge >= 0.3 is 12.0 Å². The van der Waals surface area contributed by atoms with Crippen molar-refractivity contribution >= 4 is 27.9 Å². The number of hydrogen-bond donors (Lipinski definition) is 3. The predicted molar refractivity (Wildman–Crippen MR) is 80.3 cm³/mol. The average Bonchev–Trinajstić information content (AvgIpc) is 2.37. The predicted octanol–water partition coefficient (Wildman–Crippen LogP) is 2.61. The maximum Gasteiger partial charge on any atom is 0.315 e. The number of carboxylic acids is 1. The van der Waals surface area contributed by atoms with Gasteiger partial charge in [0, 0.05) is 17.6 Å². The van der Waals surface area contributed by atoms with Gasteiger partial charge < -0.3 is 15.7 Å². The van der Waals surface area contributed by atoms with Crippen LogP contribution in [0.5, 0.6) is 0 Å². The van der Waals surface area contributed by atoms with Crippen molar-refractivity contribution in [2.24, 2.45) is 11.8 Å². The smallest absolute Gasteiger partial charge is 0.315 e. The maximum atomic E-state index is 11.6. The van der Waals surface area contributed by atoms with Gasteiger partial charge in [-0.3, -0.25) is 4.79 Å². The highest BCUT2D eigenvalue weighted by Crippen LogP contribution is 2.15. The molecule has 6 heteroatoms. The molecular formula is C14H19BrN2O3. The van der Waals surface area contributed by atoms with Gasteiger partial charge in [0.1, 0.15) is 0 Å². The van der Waals surface area contributed by atoms with Gasteiger partial charge in [-0.15, -0.1) is 0 Å². The molecule has 0 radical (unpaired) electrons. The number of urea groups is 1. The zero-order valence-corrected chi connectivity index (χ0v) is 13.1. The highest BCUT2D eigenvalue weighted by atomic mass is 79.9. The molecule has 1 atom stereocenters. The van der Waals surface area contributed by atoms with Crippen LogP contribution < -0.4 is 10.6 Å². The molecule has 0 bridgehead atoms. The van der Waals surface area contributed by atoms with Crippen LogP contribution in [0, 0.1) is 11.8 Å². The Kier molecular flexibility index (Phi) is 6.51. The first-order valence-corrected chi connectivity index (χ1v) is 7.19. The number of amides is 2. The van der Waals surface area contributed by atoms with Crippen LogP contribution in [0.3, 0.4) is 0 Å². The van der Waals surface area contributed by atoms with Crippen molar-refractivity contribution < 1.29 is 14.7 Å². The van der Waals surface area contributed by atoms with E-state index in [0.29, 0.717) is 6.54 Å². The zero-order chi connectivity index (χ0) is 15.1. The van der Waals surface area contributed by atoms with Crippen molar-refractivity contribution in [1.29, 1.82) is 0 Å². The van der Waals surface area contributed by atoms with E-state index in [9.17, 15) is 9.59 Å². The molecule has 0 aliphatic carbocycles. The molecule has 1 aromatic rings. The Morgan fingerprint density at radius 3 is 2.45 bits per heavy atom. The molecule has 0 aromatic heterocycles. The number of rotatable bonds is 6. The number of carboxylic acid groups (broad SMARTS) is 1. The summed E-state index contributed by atoms with van der Waals surface area (Å²) in [5, 5.41) is 14.3. The molecular weight excluding hydrogens is 324 g/mol. The number of carbonyl (C=O) groups excluding carboxylic acids is 1. The average molecular weight is 343 g/mol. The van der Waals surface area contributed by atoms with Gasteiger partial charge in [-0.05, 0) is 17.5 Å². The molecule has 0 fully saturated rings. The Morgan fingerprint density at radius 1 is 1.25 bits per heavy atom. The fraction of sp³-hybridized carbons (Fsp3) is 0.429. The van der Waals surface area contributed by atoms with Crippen LogP contribution in [0.25, 0.3) is 0 Å². The van der Waals surface area contributed by atoms with Gasteiger partial charge in [-0.1, -0.05) is 48.0 Å². The van der Waals surface area contributed by atoms with E-state index < -0.39 is 11.9 Å². The maximum absolute atomic E-state index is 11.6. The summed E-state index contributed by atoms with van der Waals surface area (Å²) in [4.78, 5) is 22.6. The van der Waals surface area contributed by atoms with Gasteiger partial charge in [0.25, 0.3) is 0 Å². The van der Waals surface area contributed by atoms with Gasteiger partial charge in [0.05, 0.1) is 5.92 Å². The van der Waals surface area contributed by atoms with Crippen LogP contribution in [-0.4, -0.2) is 23.7 Å². The van der Waals surface area contributed by atoms with Crippen LogP contribution in [0.4, 0.5) is 4.79 Å². The van der Waals surface area contributed by atoms with E-state index >= 15 is 0 Å². The van der Waals surface area contributed by atoms with Crippen LogP contribution in [0.2, 0.25) is 0 Å². The first-order valence-electron chi connectivity index (χ1n) is 6.39. The van der Waals surface area contributed by atoms with Crippen LogP contribution in [0.1, 0.15) is 19.4 Å². The number of hydrogen-bond acceptors (Lipinski definition) is 2. The van der Waals surface area contributed by atoms with Crippen LogP contribution in [0.15, 0.2) is 28.7 Å². The third-order valence-corrected chi connectivity index (χ3v) is 3.78. The largest absolute Gasteiger partial charge is 0.481 e. The summed E-state index contributed by atoms with van der Waals surface area (Å²) < 4.78 is 0.922. The Labute approximate surface area is 126 Å². The van der Waals surface area contributed by atoms with Crippen LogP contribution in [-0.2, 0) is 11.3 Å². The van der Waals surface area contributed by atoms with E-state index in [2.05, 4.69) is 26.6 Å². The molecule has 5 nitrogen and oxygen atoms in total. The van der Waals surface area contributed by atoms with Crippen molar-refractivity contribution in [3.05, 3.63) is 34.3 Å². The standard InChI is InChI=1S/C14H19BrN2O3/c1-9(2)11(13(18)19)8-17-14(20)16-7-10-5-3-4-6-12(10)15/h3-6,9,11H,7-8H2,1-2H3,(H,18,19)(H2,16,17,20). The molecule has 0 saturated heterocycles. The number of aliphatic carboxylic acids is 1. The summed E-state index contributed by atoms with van der Waals surface area (Å²) in [7, 11) is 0. The van der Waals surface area contributed by atoms with E-state index in [4.69, 9.17) is 5.11 Å². The lowest BCUT2D eigenvalue weighted by Crippen LogP contribution is -2.41. The van der Waals surface area contributed by atoms with Crippen molar-refractivity contribution in [3.8, 4) is 0 Å². The van der Waals surface area contributed by atoms with Gasteiger partial charge in [-0.2, -0.15) is 0 Å². The minimum absolute atomic E-state index is 0.0314. The van der Waals surface area contributed by atoms with E-state index in [-0.39, 0.29) is 18.5 Å². The highest BCUT2D eigenvalue weighted by Gasteiger charge is 2.21. The van der Waals surface area contributed by atoms with E-state index in [1.165, 1.54) is 0 Å². The second-order valence-electron chi connectivity index (χ2n) is 4.84. The molecule has 0 heterocycles. The van der Waals surface area contributed by atoms with Crippen molar-refractivity contribution in [2.45, 2.75) is 20.4 Å². The second-order valence-corrected chi connectivity index (χ2v) is 5.70. The molecule has 0 aliphatic rings. The van der Waals surface area contributed by atoms with E-state index in [1.807, 2.05) is 38.1 Å². The molecule has 0 aliphatic heterocycles. The summed E-state index contributed by atoms with van der Waals surface area (Å²) in [6, 6.07) is 7.21. The monoisotopic (exact) mass is 342 g/mol. The third-order valence-electron chi connectivity index (χ3n) is 3.00. The molecule has 3 N–H and O–H groups in total. The normalized spacial score (nSPS) is 12.0. The summed E-state index contributed by atoms with van der Waals surface area (Å²) in [6.07, 6.45) is 0. The lowest BCUT2D eigenvalue weighted by Gasteiger charge is -2.17. The van der Waals surface area contributed by atoms with E-state index in [0.717, 1.165) is 10.0 Å². The summed E-state index contributed by atoms with van der Waals surface area (Å²) >= 11 is 3.40. The minimum atomic E-state index is -0.897. The molecule has 1 unspecified atom stereocenters. The molecule has 20 heavy (non-hydrogen) atoms. The molecule has 0 spiro atoms. The number of halogens is 1. The molecule has 2 amide bonds. The topological polar surface area (TPSA) is 78.4 Å². The van der Waals surface area contributed by atoms with Gasteiger partial charge in [0.15, 0.2) is 0 Å². The zero-order valence-electron chi connectivity index (χ0n) is 11.5. The fourth-order valence-corrected chi connectivity index (χ4v) is 2.12. The van der Waals surface area contributed by atoms with Crippen molar-refractivity contribution in [3.63, 3.8) is 0 Å². The lowest BCUT2D eigenvalue weighted by molar-refractivity contribution is -0.142. The molecule has 1 rings (SSSR count). The SMILES string of the molecule is CC(C)C(CNC(=O)NCc1ccccc1Br)C(=O)O. The van der Waals surface area contributed by atoms with Gasteiger partial charge in [0.2, 0.25) is 0 Å². The number of carbonyl (C=O) groups is 2. The number of benzene rings is 1. The fourth-order valence-electron chi connectivity index (χ4n) is 1.69. The second kappa shape index (κ2) is 7.89. The molecule has 0 saturated carbocycles. The Hall–Kier alpha value is -1.56. The molecule has 110 valence electrons. The third kappa shape index (κ3) is 5.21. The molecule has 1 aromatic carbocycles. The number of nitrogens with one attached hydrogen (secondary N) is 2. The van der Waals surface area contributed by atoms with Crippen LogP contribution >= 0.6 is 15.9 Å². The Bertz CT molecular complexity index is 477. The first-order chi connectivity index (χ1) is 9.41. The summed E-state index contributed by atoms with van der Waals surface area (Å²) in [6.45, 7) is 4.14. The van der Waals surface area contributed by atoms with Crippen molar-refractivity contribution in [1.82, 2.24) is 10.6 Å². The quantitative estimate of drug-likeness (QED) is 0.743. The highest BCUT2D eigenvalue weighted by molar-refractivity contribution is 9.10. The Balaban J connectivity index is 2.41. The minimum Gasteiger partial charge on any atom is -0.481 e. The lowest BCUT2D eigenvalue weighted by atomic mass is 9.96.